The third kappa shape index (κ3) is 1.77. The summed E-state index contributed by atoms with van der Waals surface area (Å²) in [7, 11) is 0. The number of halogens is 2. The van der Waals surface area contributed by atoms with E-state index in [2.05, 4.69) is 4.98 Å². The lowest BCUT2D eigenvalue weighted by atomic mass is 10.2. The molecule has 0 spiro atoms. The molecule has 0 aliphatic rings. The Morgan fingerprint density at radius 2 is 2.27 bits per heavy atom. The van der Waals surface area contributed by atoms with Gasteiger partial charge in [-0.2, -0.15) is 8.78 Å². The van der Waals surface area contributed by atoms with E-state index in [9.17, 15) is 8.78 Å². The van der Waals surface area contributed by atoms with E-state index in [1.165, 1.54) is 18.3 Å². The third-order valence-electron chi connectivity index (χ3n) is 1.42. The van der Waals surface area contributed by atoms with E-state index in [1.54, 1.807) is 0 Å². The van der Waals surface area contributed by atoms with Crippen molar-refractivity contribution in [2.24, 2.45) is 0 Å². The fourth-order valence-electron chi connectivity index (χ4n) is 0.833. The lowest BCUT2D eigenvalue weighted by molar-refractivity contribution is -0.0305. The van der Waals surface area contributed by atoms with Crippen LogP contribution in [0.25, 0.3) is 0 Å². The number of aliphatic hydroxyl groups is 1. The normalized spacial score (nSPS) is 11.9. The number of aromatic nitrogens is 1. The molecule has 0 fully saturated rings. The molecule has 0 atom stereocenters. The van der Waals surface area contributed by atoms with Crippen LogP contribution in [0, 0.1) is 0 Å². The van der Waals surface area contributed by atoms with Crippen LogP contribution in [-0.2, 0) is 5.92 Å². The van der Waals surface area contributed by atoms with Crippen molar-refractivity contribution in [2.75, 3.05) is 6.61 Å². The quantitative estimate of drug-likeness (QED) is 0.692. The highest BCUT2D eigenvalue weighted by Gasteiger charge is 2.31. The van der Waals surface area contributed by atoms with Gasteiger partial charge in [0.25, 0.3) is 5.92 Å². The maximum absolute atomic E-state index is 12.8. The summed E-state index contributed by atoms with van der Waals surface area (Å²) in [6, 6.07) is 2.80. The molecule has 0 aliphatic carbocycles. The van der Waals surface area contributed by atoms with Gasteiger partial charge in [0, 0.05) is 19.2 Å². The molecule has 62 valence electrons. The number of aliphatic hydroxyl groups excluding tert-OH is 1. The summed E-state index contributed by atoms with van der Waals surface area (Å²) in [6.07, 6.45) is 0.897. The van der Waals surface area contributed by atoms with Gasteiger partial charge in [0.15, 0.2) is 0 Å². The second-order valence-electron chi connectivity index (χ2n) is 2.26. The zero-order chi connectivity index (χ0) is 8.32. The van der Waals surface area contributed by atoms with Crippen molar-refractivity contribution < 1.29 is 13.9 Å². The standard InChI is InChI=1S/C7H9F2NO/c8-7(9,3-5-11)6-2-1-4-10-6/h1-2,4,10-11H,3,5H2. The first-order valence-corrected chi connectivity index (χ1v) is 3.29. The third-order valence-corrected chi connectivity index (χ3v) is 1.42. The van der Waals surface area contributed by atoms with Crippen molar-refractivity contribution in [1.82, 2.24) is 4.98 Å². The van der Waals surface area contributed by atoms with Gasteiger partial charge in [0.05, 0.1) is 5.69 Å². The Bertz CT molecular complexity index is 208. The van der Waals surface area contributed by atoms with Crippen molar-refractivity contribution in [3.63, 3.8) is 0 Å². The molecule has 0 saturated carbocycles. The van der Waals surface area contributed by atoms with Crippen LogP contribution in [0.3, 0.4) is 0 Å². The Kier molecular flexibility index (Phi) is 2.24. The van der Waals surface area contributed by atoms with Crippen LogP contribution in [0.4, 0.5) is 8.78 Å². The zero-order valence-corrected chi connectivity index (χ0v) is 5.85. The van der Waals surface area contributed by atoms with E-state index in [0.29, 0.717) is 0 Å². The van der Waals surface area contributed by atoms with Gasteiger partial charge in [-0.15, -0.1) is 0 Å². The summed E-state index contributed by atoms with van der Waals surface area (Å²) in [5.41, 5.74) is -0.147. The van der Waals surface area contributed by atoms with E-state index in [0.717, 1.165) is 0 Å². The van der Waals surface area contributed by atoms with Gasteiger partial charge in [-0.1, -0.05) is 0 Å². The number of H-pyrrole nitrogens is 1. The molecule has 0 radical (unpaired) electrons. The molecule has 1 aromatic heterocycles. The smallest absolute Gasteiger partial charge is 0.289 e. The average Bonchev–Trinajstić information content (AvgIpc) is 2.37. The fraction of sp³-hybridized carbons (Fsp3) is 0.429. The van der Waals surface area contributed by atoms with Gasteiger partial charge in [-0.05, 0) is 12.1 Å². The maximum Gasteiger partial charge on any atom is 0.289 e. The van der Waals surface area contributed by atoms with Crippen LogP contribution >= 0.6 is 0 Å². The Morgan fingerprint density at radius 1 is 1.55 bits per heavy atom. The molecule has 0 aromatic carbocycles. The SMILES string of the molecule is OCCC(F)(F)c1ccc[nH]1. The summed E-state index contributed by atoms with van der Waals surface area (Å²) >= 11 is 0. The molecule has 0 bridgehead atoms. The number of hydrogen-bond donors (Lipinski definition) is 2. The van der Waals surface area contributed by atoms with E-state index in [-0.39, 0.29) is 5.69 Å². The molecule has 1 rings (SSSR count). The Balaban J connectivity index is 2.73. The predicted octanol–water partition coefficient (Wildman–Crippen LogP) is 1.49. The largest absolute Gasteiger partial charge is 0.396 e. The first-order valence-electron chi connectivity index (χ1n) is 3.29. The topological polar surface area (TPSA) is 36.0 Å². The van der Waals surface area contributed by atoms with Crippen LogP contribution in [0.5, 0.6) is 0 Å². The first kappa shape index (κ1) is 8.20. The van der Waals surface area contributed by atoms with Gasteiger partial charge in [-0.25, -0.2) is 0 Å². The molecule has 11 heavy (non-hydrogen) atoms. The van der Waals surface area contributed by atoms with Crippen LogP contribution < -0.4 is 0 Å². The zero-order valence-electron chi connectivity index (χ0n) is 5.85. The number of aromatic amines is 1. The summed E-state index contributed by atoms with van der Waals surface area (Å²) in [6.45, 7) is -0.508. The van der Waals surface area contributed by atoms with Crippen LogP contribution in [0.1, 0.15) is 12.1 Å². The molecule has 1 aromatic rings. The van der Waals surface area contributed by atoms with Crippen molar-refractivity contribution in [1.29, 1.82) is 0 Å². The molecule has 0 amide bonds. The molecular weight excluding hydrogens is 152 g/mol. The fourth-order valence-corrected chi connectivity index (χ4v) is 0.833. The predicted molar refractivity (Wildman–Crippen MR) is 36.4 cm³/mol. The Morgan fingerprint density at radius 3 is 2.73 bits per heavy atom. The molecule has 0 unspecified atom stereocenters. The van der Waals surface area contributed by atoms with Gasteiger partial charge in [0.1, 0.15) is 0 Å². The summed E-state index contributed by atoms with van der Waals surface area (Å²) in [5.74, 6) is -2.93. The van der Waals surface area contributed by atoms with Crippen LogP contribution in [0.15, 0.2) is 18.3 Å². The van der Waals surface area contributed by atoms with E-state index in [4.69, 9.17) is 5.11 Å². The lowest BCUT2D eigenvalue weighted by Gasteiger charge is -2.12. The minimum Gasteiger partial charge on any atom is -0.396 e. The highest BCUT2D eigenvalue weighted by Crippen LogP contribution is 2.29. The Labute approximate surface area is 62.9 Å². The molecule has 0 aliphatic heterocycles. The van der Waals surface area contributed by atoms with Crippen molar-refractivity contribution >= 4 is 0 Å². The monoisotopic (exact) mass is 161 g/mol. The average molecular weight is 161 g/mol. The summed E-state index contributed by atoms with van der Waals surface area (Å²) < 4.78 is 25.6. The van der Waals surface area contributed by atoms with E-state index in [1.807, 2.05) is 0 Å². The number of alkyl halides is 2. The molecule has 2 nitrogen and oxygen atoms in total. The number of hydrogen-bond acceptors (Lipinski definition) is 1. The van der Waals surface area contributed by atoms with Gasteiger partial charge in [0.2, 0.25) is 0 Å². The van der Waals surface area contributed by atoms with Gasteiger partial charge < -0.3 is 10.1 Å². The minimum absolute atomic E-state index is 0.147. The van der Waals surface area contributed by atoms with Crippen molar-refractivity contribution in [3.05, 3.63) is 24.0 Å². The second-order valence-corrected chi connectivity index (χ2v) is 2.26. The van der Waals surface area contributed by atoms with Crippen molar-refractivity contribution in [2.45, 2.75) is 12.3 Å². The summed E-state index contributed by atoms with van der Waals surface area (Å²) in [4.78, 5) is 2.40. The molecule has 4 heteroatoms. The van der Waals surface area contributed by atoms with Crippen molar-refractivity contribution in [3.8, 4) is 0 Å². The first-order chi connectivity index (χ1) is 5.17. The van der Waals surface area contributed by atoms with Crippen LogP contribution in [0.2, 0.25) is 0 Å². The van der Waals surface area contributed by atoms with E-state index < -0.39 is 19.0 Å². The number of nitrogens with one attached hydrogen (secondary N) is 1. The van der Waals surface area contributed by atoms with Gasteiger partial charge >= 0.3 is 0 Å². The molecule has 2 N–H and O–H groups in total. The highest BCUT2D eigenvalue weighted by molar-refractivity contribution is 5.09. The second kappa shape index (κ2) is 3.00. The maximum atomic E-state index is 12.8. The minimum atomic E-state index is -2.93. The van der Waals surface area contributed by atoms with Crippen LogP contribution in [-0.4, -0.2) is 16.7 Å². The van der Waals surface area contributed by atoms with E-state index >= 15 is 0 Å². The molecule has 0 saturated heterocycles. The van der Waals surface area contributed by atoms with Gasteiger partial charge in [-0.3, -0.25) is 0 Å². The summed E-state index contributed by atoms with van der Waals surface area (Å²) in [5, 5.41) is 8.31. The Hall–Kier alpha value is -0.900. The molecule has 1 heterocycles. The number of rotatable bonds is 3. The highest BCUT2D eigenvalue weighted by atomic mass is 19.3. The molecular formula is C7H9F2NO. The lowest BCUT2D eigenvalue weighted by Crippen LogP contribution is -2.15.